The van der Waals surface area contributed by atoms with Gasteiger partial charge in [0.15, 0.2) is 0 Å². The summed E-state index contributed by atoms with van der Waals surface area (Å²) in [5, 5.41) is 0. The molecule has 0 saturated heterocycles. The summed E-state index contributed by atoms with van der Waals surface area (Å²) in [5.41, 5.74) is 0.626. The van der Waals surface area contributed by atoms with Crippen molar-refractivity contribution in [3.8, 4) is 0 Å². The summed E-state index contributed by atoms with van der Waals surface area (Å²) in [7, 11) is -3.90. The highest BCUT2D eigenvalue weighted by Crippen LogP contribution is 2.23. The van der Waals surface area contributed by atoms with Crippen LogP contribution in [-0.2, 0) is 16.5 Å². The molecule has 84 valence electrons. The summed E-state index contributed by atoms with van der Waals surface area (Å²) in [6, 6.07) is 9.65. The van der Waals surface area contributed by atoms with Crippen molar-refractivity contribution in [2.75, 3.05) is 5.75 Å². The van der Waals surface area contributed by atoms with Crippen molar-refractivity contribution in [2.24, 2.45) is 5.41 Å². The van der Waals surface area contributed by atoms with Gasteiger partial charge in [0.1, 0.15) is 0 Å². The zero-order chi connectivity index (χ0) is 11.5. The Morgan fingerprint density at radius 1 is 1.20 bits per heavy atom. The Hall–Kier alpha value is -0.870. The molecule has 0 amide bonds. The normalized spacial score (nSPS) is 12.7. The Morgan fingerprint density at radius 3 is 2.20 bits per heavy atom. The molecule has 0 aromatic heterocycles. The van der Waals surface area contributed by atoms with Crippen LogP contribution in [0.15, 0.2) is 30.3 Å². The van der Waals surface area contributed by atoms with Crippen molar-refractivity contribution in [1.29, 1.82) is 0 Å². The maximum atomic E-state index is 10.8. The maximum Gasteiger partial charge on any atom is 0.265 e. The summed E-state index contributed by atoms with van der Waals surface area (Å²) >= 11 is 0. The van der Waals surface area contributed by atoms with E-state index in [1.54, 1.807) is 0 Å². The minimum atomic E-state index is -3.90. The van der Waals surface area contributed by atoms with Crippen LogP contribution >= 0.6 is 0 Å². The Kier molecular flexibility index (Phi) is 3.52. The number of benzene rings is 1. The molecule has 0 aliphatic heterocycles. The first-order chi connectivity index (χ1) is 6.79. The Labute approximate surface area is 90.9 Å². The van der Waals surface area contributed by atoms with Gasteiger partial charge in [0.2, 0.25) is 0 Å². The van der Waals surface area contributed by atoms with Crippen LogP contribution in [0.1, 0.15) is 19.4 Å². The first kappa shape index (κ1) is 12.2. The van der Waals surface area contributed by atoms with Gasteiger partial charge in [-0.05, 0) is 17.4 Å². The topological polar surface area (TPSA) is 54.4 Å². The van der Waals surface area contributed by atoms with Gasteiger partial charge in [0.25, 0.3) is 10.1 Å². The standard InChI is InChI=1S/C11H16O3S/c1-11(2,9-15(12,13)14)8-10-6-4-3-5-7-10/h3-7H,8-9H2,1-2H3,(H,12,13,14). The van der Waals surface area contributed by atoms with Crippen LogP contribution in [0.25, 0.3) is 0 Å². The first-order valence-electron chi connectivity index (χ1n) is 4.78. The van der Waals surface area contributed by atoms with Crippen LogP contribution in [0, 0.1) is 5.41 Å². The zero-order valence-corrected chi connectivity index (χ0v) is 9.79. The van der Waals surface area contributed by atoms with Crippen LogP contribution in [0.4, 0.5) is 0 Å². The van der Waals surface area contributed by atoms with Crippen LogP contribution in [0.5, 0.6) is 0 Å². The minimum absolute atomic E-state index is 0.213. The second kappa shape index (κ2) is 4.33. The van der Waals surface area contributed by atoms with Crippen LogP contribution in [0.2, 0.25) is 0 Å². The van der Waals surface area contributed by atoms with Crippen molar-refractivity contribution >= 4 is 10.1 Å². The SMILES string of the molecule is CC(C)(Cc1ccccc1)CS(=O)(=O)O. The molecular weight excluding hydrogens is 212 g/mol. The fraction of sp³-hybridized carbons (Fsp3) is 0.455. The predicted molar refractivity (Wildman–Crippen MR) is 60.3 cm³/mol. The molecule has 0 radical (unpaired) electrons. The van der Waals surface area contributed by atoms with E-state index < -0.39 is 15.5 Å². The highest BCUT2D eigenvalue weighted by atomic mass is 32.2. The van der Waals surface area contributed by atoms with Gasteiger partial charge in [0, 0.05) is 0 Å². The average Bonchev–Trinajstić information content (AvgIpc) is 1.99. The lowest BCUT2D eigenvalue weighted by atomic mass is 9.88. The molecule has 1 N–H and O–H groups in total. The van der Waals surface area contributed by atoms with Gasteiger partial charge in [-0.1, -0.05) is 44.2 Å². The molecule has 1 aromatic carbocycles. The van der Waals surface area contributed by atoms with E-state index in [0.29, 0.717) is 6.42 Å². The van der Waals surface area contributed by atoms with Gasteiger partial charge >= 0.3 is 0 Å². The fourth-order valence-electron chi connectivity index (χ4n) is 1.69. The van der Waals surface area contributed by atoms with E-state index in [-0.39, 0.29) is 5.75 Å². The van der Waals surface area contributed by atoms with Crippen LogP contribution in [0.3, 0.4) is 0 Å². The van der Waals surface area contributed by atoms with E-state index in [2.05, 4.69) is 0 Å². The van der Waals surface area contributed by atoms with Gasteiger partial charge in [-0.15, -0.1) is 0 Å². The molecule has 15 heavy (non-hydrogen) atoms. The van der Waals surface area contributed by atoms with Gasteiger partial charge in [-0.25, -0.2) is 0 Å². The van der Waals surface area contributed by atoms with Crippen LogP contribution in [-0.4, -0.2) is 18.7 Å². The Morgan fingerprint density at radius 2 is 1.73 bits per heavy atom. The highest BCUT2D eigenvalue weighted by molar-refractivity contribution is 7.85. The van der Waals surface area contributed by atoms with Crippen molar-refractivity contribution in [1.82, 2.24) is 0 Å². The van der Waals surface area contributed by atoms with E-state index in [1.807, 2.05) is 44.2 Å². The van der Waals surface area contributed by atoms with E-state index in [0.717, 1.165) is 5.56 Å². The fourth-order valence-corrected chi connectivity index (χ4v) is 2.78. The maximum absolute atomic E-state index is 10.8. The molecular formula is C11H16O3S. The number of rotatable bonds is 4. The lowest BCUT2D eigenvalue weighted by Crippen LogP contribution is -2.25. The Balaban J connectivity index is 2.73. The molecule has 0 heterocycles. The third kappa shape index (κ3) is 4.95. The molecule has 0 bridgehead atoms. The largest absolute Gasteiger partial charge is 0.286 e. The Bertz CT molecular complexity index is 407. The third-order valence-corrected chi connectivity index (χ3v) is 3.24. The summed E-state index contributed by atoms with van der Waals surface area (Å²) < 4.78 is 30.4. The molecule has 0 saturated carbocycles. The predicted octanol–water partition coefficient (Wildman–Crippen LogP) is 2.14. The van der Waals surface area contributed by atoms with Crippen LogP contribution < -0.4 is 0 Å². The number of hydrogen-bond acceptors (Lipinski definition) is 2. The molecule has 1 rings (SSSR count). The summed E-state index contributed by atoms with van der Waals surface area (Å²) in [5.74, 6) is -0.213. The van der Waals surface area contributed by atoms with Crippen molar-refractivity contribution < 1.29 is 13.0 Å². The number of hydrogen-bond donors (Lipinski definition) is 1. The second-order valence-corrected chi connectivity index (χ2v) is 6.01. The lowest BCUT2D eigenvalue weighted by Gasteiger charge is -2.22. The molecule has 0 aliphatic rings. The van der Waals surface area contributed by atoms with Crippen molar-refractivity contribution in [2.45, 2.75) is 20.3 Å². The van der Waals surface area contributed by atoms with E-state index in [9.17, 15) is 8.42 Å². The van der Waals surface area contributed by atoms with E-state index in [1.165, 1.54) is 0 Å². The molecule has 4 heteroatoms. The van der Waals surface area contributed by atoms with E-state index >= 15 is 0 Å². The van der Waals surface area contributed by atoms with Crippen molar-refractivity contribution in [3.63, 3.8) is 0 Å². The van der Waals surface area contributed by atoms with Gasteiger partial charge in [0.05, 0.1) is 5.75 Å². The quantitative estimate of drug-likeness (QED) is 0.803. The smallest absolute Gasteiger partial charge is 0.265 e. The minimum Gasteiger partial charge on any atom is -0.286 e. The van der Waals surface area contributed by atoms with Crippen molar-refractivity contribution in [3.05, 3.63) is 35.9 Å². The molecule has 0 fully saturated rings. The summed E-state index contributed by atoms with van der Waals surface area (Å²) in [6.45, 7) is 3.65. The molecule has 0 unspecified atom stereocenters. The molecule has 0 spiro atoms. The highest BCUT2D eigenvalue weighted by Gasteiger charge is 2.24. The van der Waals surface area contributed by atoms with E-state index in [4.69, 9.17) is 4.55 Å². The molecule has 3 nitrogen and oxygen atoms in total. The van der Waals surface area contributed by atoms with Gasteiger partial charge in [-0.3, -0.25) is 4.55 Å². The summed E-state index contributed by atoms with van der Waals surface area (Å²) in [4.78, 5) is 0. The monoisotopic (exact) mass is 228 g/mol. The van der Waals surface area contributed by atoms with Gasteiger partial charge < -0.3 is 0 Å². The average molecular weight is 228 g/mol. The zero-order valence-electron chi connectivity index (χ0n) is 8.97. The molecule has 0 aliphatic carbocycles. The van der Waals surface area contributed by atoms with Gasteiger partial charge in [-0.2, -0.15) is 8.42 Å². The third-order valence-electron chi connectivity index (χ3n) is 2.10. The first-order valence-corrected chi connectivity index (χ1v) is 6.39. The summed E-state index contributed by atoms with van der Waals surface area (Å²) in [6.07, 6.45) is 0.633. The molecule has 1 aromatic rings. The lowest BCUT2D eigenvalue weighted by molar-refractivity contribution is 0.387. The second-order valence-electron chi connectivity index (χ2n) is 4.55. The molecule has 0 atom stereocenters.